The molecule has 2 aromatic heterocycles. The zero-order valence-electron chi connectivity index (χ0n) is 16.2. The number of H-pyrrole nitrogens is 1. The van der Waals surface area contributed by atoms with Gasteiger partial charge in [0.2, 0.25) is 11.0 Å². The number of hydrogen-bond acceptors (Lipinski definition) is 6. The van der Waals surface area contributed by atoms with E-state index in [1.807, 2.05) is 49.5 Å². The van der Waals surface area contributed by atoms with Gasteiger partial charge in [-0.05, 0) is 42.7 Å². The Morgan fingerprint density at radius 3 is 2.97 bits per heavy atom. The van der Waals surface area contributed by atoms with Gasteiger partial charge in [0.05, 0.1) is 5.75 Å². The average molecular weight is 458 g/mol. The number of nitrogens with one attached hydrogen (secondary N) is 3. The van der Waals surface area contributed by atoms with E-state index in [-0.39, 0.29) is 5.91 Å². The molecule has 4 aromatic rings. The van der Waals surface area contributed by atoms with E-state index < -0.39 is 0 Å². The number of thioether (sulfide) groups is 1. The van der Waals surface area contributed by atoms with Gasteiger partial charge in [0.25, 0.3) is 0 Å². The molecule has 6 nitrogen and oxygen atoms in total. The third-order valence-corrected chi connectivity index (χ3v) is 7.02. The van der Waals surface area contributed by atoms with Gasteiger partial charge in [0, 0.05) is 34.4 Å². The van der Waals surface area contributed by atoms with Crippen molar-refractivity contribution in [2.75, 3.05) is 17.6 Å². The molecule has 0 bridgehead atoms. The Hall–Kier alpha value is -2.55. The van der Waals surface area contributed by atoms with Crippen molar-refractivity contribution in [3.05, 3.63) is 64.8 Å². The van der Waals surface area contributed by atoms with Crippen LogP contribution in [0.15, 0.2) is 53.0 Å². The number of amides is 1. The van der Waals surface area contributed by atoms with E-state index in [2.05, 4.69) is 31.9 Å². The highest BCUT2D eigenvalue weighted by Crippen LogP contribution is 2.30. The molecule has 30 heavy (non-hydrogen) atoms. The SMILES string of the molecule is Cc1c(Cl)cccc1Nc1nnc(SCC(=O)NCCc2c[nH]c3ccccc23)s1. The molecule has 0 unspecified atom stereocenters. The minimum absolute atomic E-state index is 0.0183. The van der Waals surface area contributed by atoms with Crippen molar-refractivity contribution in [3.63, 3.8) is 0 Å². The number of aromatic amines is 1. The summed E-state index contributed by atoms with van der Waals surface area (Å²) in [4.78, 5) is 15.4. The van der Waals surface area contributed by atoms with Gasteiger partial charge in [-0.2, -0.15) is 0 Å². The molecule has 0 atom stereocenters. The van der Waals surface area contributed by atoms with Crippen LogP contribution in [0.2, 0.25) is 5.02 Å². The van der Waals surface area contributed by atoms with Crippen LogP contribution in [0, 0.1) is 6.92 Å². The Labute approximate surface area is 187 Å². The van der Waals surface area contributed by atoms with Crippen LogP contribution in [0.25, 0.3) is 10.9 Å². The third kappa shape index (κ3) is 4.95. The maximum atomic E-state index is 12.2. The predicted octanol–water partition coefficient (Wildman–Crippen LogP) is 5.18. The summed E-state index contributed by atoms with van der Waals surface area (Å²) in [6.45, 7) is 2.54. The first kappa shape index (κ1) is 20.7. The normalized spacial score (nSPS) is 11.0. The Morgan fingerprint density at radius 2 is 2.07 bits per heavy atom. The number of fused-ring (bicyclic) bond motifs is 1. The quantitative estimate of drug-likeness (QED) is 0.318. The van der Waals surface area contributed by atoms with Crippen LogP contribution in [-0.2, 0) is 11.2 Å². The van der Waals surface area contributed by atoms with Crippen LogP contribution in [-0.4, -0.2) is 33.4 Å². The second-order valence-corrected chi connectivity index (χ2v) is 9.27. The highest BCUT2D eigenvalue weighted by Gasteiger charge is 2.10. The molecule has 0 fully saturated rings. The first-order valence-corrected chi connectivity index (χ1v) is 11.6. The van der Waals surface area contributed by atoms with Crippen molar-refractivity contribution >= 4 is 62.3 Å². The van der Waals surface area contributed by atoms with E-state index in [9.17, 15) is 4.79 Å². The monoisotopic (exact) mass is 457 g/mol. The number of rotatable bonds is 8. The summed E-state index contributed by atoms with van der Waals surface area (Å²) in [6, 6.07) is 13.8. The Morgan fingerprint density at radius 1 is 1.20 bits per heavy atom. The van der Waals surface area contributed by atoms with Crippen LogP contribution >= 0.6 is 34.7 Å². The summed E-state index contributed by atoms with van der Waals surface area (Å²) < 4.78 is 0.740. The number of hydrogen-bond donors (Lipinski definition) is 3. The molecular formula is C21H20ClN5OS2. The summed E-state index contributed by atoms with van der Waals surface area (Å²) in [7, 11) is 0. The highest BCUT2D eigenvalue weighted by atomic mass is 35.5. The number of anilines is 2. The number of nitrogens with zero attached hydrogens (tertiary/aromatic N) is 2. The number of halogens is 1. The fraction of sp³-hybridized carbons (Fsp3) is 0.190. The van der Waals surface area contributed by atoms with Gasteiger partial charge in [-0.1, -0.05) is 59.0 Å². The van der Waals surface area contributed by atoms with Gasteiger partial charge in [0.1, 0.15) is 0 Å². The zero-order chi connectivity index (χ0) is 20.9. The summed E-state index contributed by atoms with van der Waals surface area (Å²) in [6.07, 6.45) is 2.79. The van der Waals surface area contributed by atoms with E-state index in [0.29, 0.717) is 22.5 Å². The maximum absolute atomic E-state index is 12.2. The number of carbonyl (C=O) groups excluding carboxylic acids is 1. The predicted molar refractivity (Wildman–Crippen MR) is 125 cm³/mol. The van der Waals surface area contributed by atoms with E-state index in [1.54, 1.807) is 0 Å². The number of aromatic nitrogens is 3. The first-order chi connectivity index (χ1) is 14.6. The molecule has 0 spiro atoms. The summed E-state index contributed by atoms with van der Waals surface area (Å²) in [5.74, 6) is 0.286. The molecule has 4 rings (SSSR count). The van der Waals surface area contributed by atoms with Gasteiger partial charge in [-0.25, -0.2) is 0 Å². The lowest BCUT2D eigenvalue weighted by Gasteiger charge is -2.06. The van der Waals surface area contributed by atoms with Gasteiger partial charge in [-0.15, -0.1) is 10.2 Å². The van der Waals surface area contributed by atoms with Crippen LogP contribution in [0.4, 0.5) is 10.8 Å². The minimum Gasteiger partial charge on any atom is -0.361 e. The summed E-state index contributed by atoms with van der Waals surface area (Å²) in [5.41, 5.74) is 4.17. The molecule has 3 N–H and O–H groups in total. The molecule has 0 saturated heterocycles. The van der Waals surface area contributed by atoms with Crippen molar-refractivity contribution in [2.24, 2.45) is 0 Å². The van der Waals surface area contributed by atoms with Crippen LogP contribution in [0.5, 0.6) is 0 Å². The molecule has 9 heteroatoms. The Bertz CT molecular complexity index is 1170. The fourth-order valence-corrected chi connectivity index (χ4v) is 4.80. The van der Waals surface area contributed by atoms with Gasteiger partial charge < -0.3 is 15.6 Å². The molecule has 0 radical (unpaired) electrons. The summed E-state index contributed by atoms with van der Waals surface area (Å²) in [5, 5.41) is 17.1. The molecule has 154 valence electrons. The van der Waals surface area contributed by atoms with E-state index >= 15 is 0 Å². The van der Waals surface area contributed by atoms with E-state index in [0.717, 1.165) is 27.5 Å². The molecule has 0 aliphatic carbocycles. The molecular weight excluding hydrogens is 438 g/mol. The Kier molecular flexibility index (Phi) is 6.56. The standard InChI is InChI=1S/C21H20ClN5OS2/c1-13-16(22)6-4-8-17(13)25-20-26-27-21(30-20)29-12-19(28)23-10-9-14-11-24-18-7-3-2-5-15(14)18/h2-8,11,24H,9-10,12H2,1H3,(H,23,28)(H,25,26). The lowest BCUT2D eigenvalue weighted by Crippen LogP contribution is -2.27. The Balaban J connectivity index is 1.24. The van der Waals surface area contributed by atoms with Crippen LogP contribution in [0.3, 0.4) is 0 Å². The second kappa shape index (κ2) is 9.51. The third-order valence-electron chi connectivity index (χ3n) is 4.63. The van der Waals surface area contributed by atoms with Gasteiger partial charge in [0.15, 0.2) is 4.34 Å². The van der Waals surface area contributed by atoms with Crippen molar-refractivity contribution in [2.45, 2.75) is 17.7 Å². The lowest BCUT2D eigenvalue weighted by atomic mass is 10.1. The largest absolute Gasteiger partial charge is 0.361 e. The van der Waals surface area contributed by atoms with Gasteiger partial charge in [-0.3, -0.25) is 4.79 Å². The molecule has 1 amide bonds. The maximum Gasteiger partial charge on any atom is 0.230 e. The summed E-state index contributed by atoms with van der Waals surface area (Å²) >= 11 is 8.94. The van der Waals surface area contributed by atoms with E-state index in [4.69, 9.17) is 11.6 Å². The molecule has 0 aliphatic rings. The number of para-hydroxylation sites is 1. The number of benzene rings is 2. The van der Waals surface area contributed by atoms with Crippen molar-refractivity contribution in [3.8, 4) is 0 Å². The van der Waals surface area contributed by atoms with Crippen molar-refractivity contribution in [1.29, 1.82) is 0 Å². The molecule has 0 aliphatic heterocycles. The second-order valence-electron chi connectivity index (χ2n) is 6.66. The highest BCUT2D eigenvalue weighted by molar-refractivity contribution is 8.01. The van der Waals surface area contributed by atoms with Crippen molar-refractivity contribution < 1.29 is 4.79 Å². The van der Waals surface area contributed by atoms with Crippen molar-refractivity contribution in [1.82, 2.24) is 20.5 Å². The molecule has 2 aromatic carbocycles. The lowest BCUT2D eigenvalue weighted by molar-refractivity contribution is -0.118. The molecule has 0 saturated carbocycles. The van der Waals surface area contributed by atoms with Crippen LogP contribution in [0.1, 0.15) is 11.1 Å². The average Bonchev–Trinajstić information content (AvgIpc) is 3.37. The smallest absolute Gasteiger partial charge is 0.230 e. The van der Waals surface area contributed by atoms with Crippen LogP contribution < -0.4 is 10.6 Å². The first-order valence-electron chi connectivity index (χ1n) is 9.40. The topological polar surface area (TPSA) is 82.7 Å². The number of carbonyl (C=O) groups is 1. The zero-order valence-corrected chi connectivity index (χ0v) is 18.6. The van der Waals surface area contributed by atoms with Gasteiger partial charge >= 0.3 is 0 Å². The minimum atomic E-state index is -0.0183. The molecule has 2 heterocycles. The van der Waals surface area contributed by atoms with E-state index in [1.165, 1.54) is 34.0 Å². The fourth-order valence-electron chi connectivity index (χ4n) is 3.03.